The minimum absolute atomic E-state index is 0.0466. The summed E-state index contributed by atoms with van der Waals surface area (Å²) in [6.45, 7) is 4.59. The largest absolute Gasteiger partial charge is 0.353 e. The fraction of sp³-hybridized carbons (Fsp3) is 0.571. The molecule has 0 aromatic rings. The number of carbonyl (C=O) groups is 1. The lowest BCUT2D eigenvalue weighted by Gasteiger charge is -1.99. The van der Waals surface area contributed by atoms with Crippen LogP contribution in [0.5, 0.6) is 0 Å². The summed E-state index contributed by atoms with van der Waals surface area (Å²) < 4.78 is 0. The van der Waals surface area contributed by atoms with E-state index in [9.17, 15) is 4.79 Å². The SMILES string of the molecule is C=CCNC(=O)CCCN. The Balaban J connectivity index is 3.16. The minimum atomic E-state index is 0.0466. The van der Waals surface area contributed by atoms with Crippen LogP contribution in [0.1, 0.15) is 12.8 Å². The predicted octanol–water partition coefficient (Wildman–Crippen LogP) is 0.0275. The summed E-state index contributed by atoms with van der Waals surface area (Å²) in [5.41, 5.74) is 5.21. The highest BCUT2D eigenvalue weighted by atomic mass is 16.1. The average molecular weight is 142 g/mol. The molecule has 0 unspecified atom stereocenters. The second-order valence-electron chi connectivity index (χ2n) is 1.98. The van der Waals surface area contributed by atoms with Gasteiger partial charge in [0.15, 0.2) is 0 Å². The lowest BCUT2D eigenvalue weighted by molar-refractivity contribution is -0.120. The fourth-order valence-electron chi connectivity index (χ4n) is 0.537. The van der Waals surface area contributed by atoms with Gasteiger partial charge in [0, 0.05) is 13.0 Å². The lowest BCUT2D eigenvalue weighted by atomic mass is 10.3. The van der Waals surface area contributed by atoms with Gasteiger partial charge in [0.1, 0.15) is 0 Å². The Hall–Kier alpha value is -0.830. The standard InChI is InChI=1S/C7H14N2O/c1-2-6-9-7(10)4-3-5-8/h2H,1,3-6,8H2,(H,9,10). The van der Waals surface area contributed by atoms with Crippen LogP contribution in [0.2, 0.25) is 0 Å². The maximum Gasteiger partial charge on any atom is 0.220 e. The molecule has 0 aromatic heterocycles. The van der Waals surface area contributed by atoms with E-state index in [-0.39, 0.29) is 5.91 Å². The van der Waals surface area contributed by atoms with E-state index in [4.69, 9.17) is 5.73 Å². The monoisotopic (exact) mass is 142 g/mol. The van der Waals surface area contributed by atoms with Crippen LogP contribution in [-0.4, -0.2) is 19.0 Å². The molecule has 0 spiro atoms. The zero-order valence-electron chi connectivity index (χ0n) is 6.10. The number of amides is 1. The topological polar surface area (TPSA) is 55.1 Å². The number of rotatable bonds is 5. The first kappa shape index (κ1) is 9.17. The van der Waals surface area contributed by atoms with Crippen LogP contribution in [0.3, 0.4) is 0 Å². The zero-order chi connectivity index (χ0) is 7.82. The highest BCUT2D eigenvalue weighted by molar-refractivity contribution is 5.75. The molecular weight excluding hydrogens is 128 g/mol. The van der Waals surface area contributed by atoms with Crippen LogP contribution in [-0.2, 0) is 4.79 Å². The Labute approximate surface area is 61.3 Å². The van der Waals surface area contributed by atoms with Gasteiger partial charge in [-0.25, -0.2) is 0 Å². The van der Waals surface area contributed by atoms with Crippen LogP contribution >= 0.6 is 0 Å². The van der Waals surface area contributed by atoms with E-state index in [1.165, 1.54) is 0 Å². The predicted molar refractivity (Wildman–Crippen MR) is 41.5 cm³/mol. The summed E-state index contributed by atoms with van der Waals surface area (Å²) in [6, 6.07) is 0. The molecule has 0 aromatic carbocycles. The zero-order valence-corrected chi connectivity index (χ0v) is 6.10. The van der Waals surface area contributed by atoms with Crippen LogP contribution in [0.25, 0.3) is 0 Å². The molecule has 0 aliphatic rings. The Morgan fingerprint density at radius 2 is 2.40 bits per heavy atom. The summed E-state index contributed by atoms with van der Waals surface area (Å²) in [7, 11) is 0. The maximum absolute atomic E-state index is 10.7. The van der Waals surface area contributed by atoms with Crippen LogP contribution in [0, 0.1) is 0 Å². The fourth-order valence-corrected chi connectivity index (χ4v) is 0.537. The molecule has 0 bridgehead atoms. The second-order valence-corrected chi connectivity index (χ2v) is 1.98. The molecule has 0 saturated heterocycles. The second kappa shape index (κ2) is 6.29. The Bertz CT molecular complexity index is 112. The lowest BCUT2D eigenvalue weighted by Crippen LogP contribution is -2.23. The average Bonchev–Trinajstić information content (AvgIpc) is 1.97. The molecule has 0 saturated carbocycles. The third-order valence-corrected chi connectivity index (χ3v) is 1.05. The first-order valence-electron chi connectivity index (χ1n) is 3.39. The molecule has 0 rings (SSSR count). The van der Waals surface area contributed by atoms with Gasteiger partial charge in [0.2, 0.25) is 5.91 Å². The molecule has 0 radical (unpaired) electrons. The molecule has 0 aliphatic carbocycles. The van der Waals surface area contributed by atoms with Gasteiger partial charge in [-0.1, -0.05) is 6.08 Å². The van der Waals surface area contributed by atoms with Gasteiger partial charge in [-0.3, -0.25) is 4.79 Å². The van der Waals surface area contributed by atoms with Crippen molar-refractivity contribution in [1.82, 2.24) is 5.32 Å². The van der Waals surface area contributed by atoms with Crippen molar-refractivity contribution in [3.63, 3.8) is 0 Å². The highest BCUT2D eigenvalue weighted by Crippen LogP contribution is 1.84. The van der Waals surface area contributed by atoms with Gasteiger partial charge in [-0.05, 0) is 13.0 Å². The first-order chi connectivity index (χ1) is 4.81. The van der Waals surface area contributed by atoms with Crippen LogP contribution in [0.4, 0.5) is 0 Å². The van der Waals surface area contributed by atoms with Crippen molar-refractivity contribution in [3.05, 3.63) is 12.7 Å². The first-order valence-corrected chi connectivity index (χ1v) is 3.39. The molecule has 58 valence electrons. The van der Waals surface area contributed by atoms with Crippen molar-refractivity contribution in [3.8, 4) is 0 Å². The van der Waals surface area contributed by atoms with E-state index in [2.05, 4.69) is 11.9 Å². The Kier molecular flexibility index (Phi) is 5.77. The van der Waals surface area contributed by atoms with E-state index in [1.807, 2.05) is 0 Å². The van der Waals surface area contributed by atoms with Crippen molar-refractivity contribution in [2.75, 3.05) is 13.1 Å². The number of carbonyl (C=O) groups excluding carboxylic acids is 1. The molecule has 0 fully saturated rings. The number of nitrogens with two attached hydrogens (primary N) is 1. The molecular formula is C7H14N2O. The van der Waals surface area contributed by atoms with Crippen molar-refractivity contribution >= 4 is 5.91 Å². The molecule has 3 heteroatoms. The molecule has 1 amide bonds. The van der Waals surface area contributed by atoms with Crippen molar-refractivity contribution in [2.45, 2.75) is 12.8 Å². The van der Waals surface area contributed by atoms with Gasteiger partial charge >= 0.3 is 0 Å². The van der Waals surface area contributed by atoms with Crippen LogP contribution < -0.4 is 11.1 Å². The van der Waals surface area contributed by atoms with Gasteiger partial charge in [0.25, 0.3) is 0 Å². The molecule has 0 atom stereocenters. The third-order valence-electron chi connectivity index (χ3n) is 1.05. The molecule has 0 aliphatic heterocycles. The summed E-state index contributed by atoms with van der Waals surface area (Å²) in [5, 5.41) is 2.65. The van der Waals surface area contributed by atoms with Crippen molar-refractivity contribution in [1.29, 1.82) is 0 Å². The number of hydrogen-bond donors (Lipinski definition) is 2. The van der Waals surface area contributed by atoms with Crippen molar-refractivity contribution < 1.29 is 4.79 Å². The van der Waals surface area contributed by atoms with E-state index < -0.39 is 0 Å². The van der Waals surface area contributed by atoms with Crippen molar-refractivity contribution in [2.24, 2.45) is 5.73 Å². The normalized spacial score (nSPS) is 8.90. The van der Waals surface area contributed by atoms with Gasteiger partial charge in [-0.15, -0.1) is 6.58 Å². The highest BCUT2D eigenvalue weighted by Gasteiger charge is 1.95. The van der Waals surface area contributed by atoms with Gasteiger partial charge < -0.3 is 11.1 Å². The Morgan fingerprint density at radius 1 is 1.70 bits per heavy atom. The molecule has 3 N–H and O–H groups in total. The molecule has 10 heavy (non-hydrogen) atoms. The maximum atomic E-state index is 10.7. The summed E-state index contributed by atoms with van der Waals surface area (Å²) in [5.74, 6) is 0.0466. The van der Waals surface area contributed by atoms with E-state index in [1.54, 1.807) is 6.08 Å². The van der Waals surface area contributed by atoms with E-state index in [0.29, 0.717) is 19.5 Å². The summed E-state index contributed by atoms with van der Waals surface area (Å²) >= 11 is 0. The minimum Gasteiger partial charge on any atom is -0.353 e. The van der Waals surface area contributed by atoms with E-state index in [0.717, 1.165) is 6.42 Å². The molecule has 3 nitrogen and oxygen atoms in total. The van der Waals surface area contributed by atoms with Gasteiger partial charge in [0.05, 0.1) is 0 Å². The summed E-state index contributed by atoms with van der Waals surface area (Å²) in [4.78, 5) is 10.7. The number of nitrogens with one attached hydrogen (secondary N) is 1. The quantitative estimate of drug-likeness (QED) is 0.532. The van der Waals surface area contributed by atoms with Gasteiger partial charge in [-0.2, -0.15) is 0 Å². The summed E-state index contributed by atoms with van der Waals surface area (Å²) in [6.07, 6.45) is 2.92. The Morgan fingerprint density at radius 3 is 2.90 bits per heavy atom. The third kappa shape index (κ3) is 5.31. The van der Waals surface area contributed by atoms with Crippen LogP contribution in [0.15, 0.2) is 12.7 Å². The smallest absolute Gasteiger partial charge is 0.220 e. The number of hydrogen-bond acceptors (Lipinski definition) is 2. The molecule has 0 heterocycles. The van der Waals surface area contributed by atoms with E-state index >= 15 is 0 Å².